The fourth-order valence-electron chi connectivity index (χ4n) is 0.224. The maximum atomic E-state index is 2.25. The lowest BCUT2D eigenvalue weighted by Crippen LogP contribution is -2.15. The van der Waals surface area contributed by atoms with Crippen molar-refractivity contribution in [2.24, 2.45) is 0 Å². The van der Waals surface area contributed by atoms with Crippen molar-refractivity contribution in [2.75, 3.05) is 20.1 Å². The van der Waals surface area contributed by atoms with Crippen LogP contribution in [-0.2, 0) is 0 Å². The molecule has 1 atom stereocenters. The summed E-state index contributed by atoms with van der Waals surface area (Å²) in [6.45, 7) is 6.64. The molecule has 0 aromatic carbocycles. The molecule has 0 saturated heterocycles. The topological polar surface area (TPSA) is 3.24 Å². The van der Waals surface area contributed by atoms with Gasteiger partial charge in [0, 0.05) is 0 Å². The van der Waals surface area contributed by atoms with Gasteiger partial charge in [-0.3, -0.25) is 0 Å². The first-order chi connectivity index (χ1) is 2.81. The molecule has 46 valence electrons. The maximum Gasteiger partial charge on any atom is -0.00504 e. The molecule has 0 aliphatic carbocycles. The van der Waals surface area contributed by atoms with E-state index in [0.29, 0.717) is 0 Å². The summed E-state index contributed by atoms with van der Waals surface area (Å²) >= 11 is 0. The van der Waals surface area contributed by atoms with Gasteiger partial charge in [0.2, 0.25) is 0 Å². The van der Waals surface area contributed by atoms with Gasteiger partial charge < -0.3 is 4.90 Å². The average Bonchev–Trinajstić information content (AvgIpc) is 1.65. The summed E-state index contributed by atoms with van der Waals surface area (Å²) in [6.07, 6.45) is 0. The highest BCUT2D eigenvalue weighted by molar-refractivity contribution is 6.92. The Morgan fingerprint density at radius 3 is 1.43 bits per heavy atom. The minimum absolute atomic E-state index is 0. The zero-order valence-corrected chi connectivity index (χ0v) is 6.98. The highest BCUT2D eigenvalue weighted by Gasteiger charge is 1.81. The van der Waals surface area contributed by atoms with Gasteiger partial charge in [-0.25, -0.2) is 0 Å². The highest BCUT2D eigenvalue weighted by atomic mass is 31.0. The minimum atomic E-state index is 0. The zero-order valence-electron chi connectivity index (χ0n) is 5.57. The number of hydrogen-bond acceptors (Lipinski definition) is 1. The van der Waals surface area contributed by atoms with E-state index in [9.17, 15) is 0 Å². The molecular formula is C5H16NP. The number of hydrogen-bond donors (Lipinski definition) is 0. The molecule has 0 saturated carbocycles. The maximum absolute atomic E-state index is 2.25. The molecule has 0 rings (SSSR count). The summed E-state index contributed by atoms with van der Waals surface area (Å²) in [4.78, 5) is 2.25. The first kappa shape index (κ1) is 10.4. The van der Waals surface area contributed by atoms with Crippen LogP contribution >= 0.6 is 9.90 Å². The molecule has 7 heavy (non-hydrogen) atoms. The van der Waals surface area contributed by atoms with Crippen LogP contribution in [0.1, 0.15) is 13.8 Å². The number of rotatable bonds is 2. The van der Waals surface area contributed by atoms with Crippen molar-refractivity contribution in [3.05, 3.63) is 0 Å². The molecule has 0 aliphatic heterocycles. The standard InChI is InChI=1S/C5H13N.H3P/c1-4-6(3)5-2;/h4-5H2,1-3H3;1H3. The van der Waals surface area contributed by atoms with Crippen molar-refractivity contribution in [2.45, 2.75) is 13.8 Å². The van der Waals surface area contributed by atoms with Gasteiger partial charge in [0.1, 0.15) is 0 Å². The van der Waals surface area contributed by atoms with E-state index in [1.807, 2.05) is 0 Å². The van der Waals surface area contributed by atoms with Crippen molar-refractivity contribution in [1.29, 1.82) is 0 Å². The van der Waals surface area contributed by atoms with Gasteiger partial charge in [0.05, 0.1) is 0 Å². The van der Waals surface area contributed by atoms with E-state index in [1.54, 1.807) is 0 Å². The Kier molecular flexibility index (Phi) is 9.48. The van der Waals surface area contributed by atoms with Crippen LogP contribution in [0.4, 0.5) is 0 Å². The van der Waals surface area contributed by atoms with E-state index in [-0.39, 0.29) is 9.90 Å². The summed E-state index contributed by atoms with van der Waals surface area (Å²) in [5, 5.41) is 0. The van der Waals surface area contributed by atoms with Gasteiger partial charge in [-0.05, 0) is 20.1 Å². The summed E-state index contributed by atoms with van der Waals surface area (Å²) in [6, 6.07) is 0. The van der Waals surface area contributed by atoms with E-state index in [4.69, 9.17) is 0 Å². The summed E-state index contributed by atoms with van der Waals surface area (Å²) in [7, 11) is 2.11. The predicted octanol–water partition coefficient (Wildman–Crippen LogP) is 1.02. The quantitative estimate of drug-likeness (QED) is 0.493. The minimum Gasteiger partial charge on any atom is -0.307 e. The van der Waals surface area contributed by atoms with E-state index >= 15 is 0 Å². The Morgan fingerprint density at radius 2 is 1.43 bits per heavy atom. The molecule has 0 aromatic rings. The van der Waals surface area contributed by atoms with E-state index in [2.05, 4.69) is 25.8 Å². The van der Waals surface area contributed by atoms with Crippen molar-refractivity contribution >= 4 is 9.90 Å². The Bertz CT molecular complexity index is 27.3. The van der Waals surface area contributed by atoms with Gasteiger partial charge in [0.15, 0.2) is 0 Å². The van der Waals surface area contributed by atoms with Gasteiger partial charge in [-0.2, -0.15) is 9.90 Å². The SMILES string of the molecule is CCN(C)CC.P. The monoisotopic (exact) mass is 121 g/mol. The molecule has 2 heteroatoms. The van der Waals surface area contributed by atoms with Crippen molar-refractivity contribution in [3.63, 3.8) is 0 Å². The largest absolute Gasteiger partial charge is 0.307 e. The van der Waals surface area contributed by atoms with Crippen LogP contribution in [-0.4, -0.2) is 25.0 Å². The predicted molar refractivity (Wildman–Crippen MR) is 40.0 cm³/mol. The second kappa shape index (κ2) is 6.39. The van der Waals surface area contributed by atoms with Crippen LogP contribution < -0.4 is 0 Å². The fourth-order valence-corrected chi connectivity index (χ4v) is 0.224. The van der Waals surface area contributed by atoms with Gasteiger partial charge in [-0.15, -0.1) is 0 Å². The first-order valence-corrected chi connectivity index (χ1v) is 2.49. The Labute approximate surface area is 49.7 Å². The Hall–Kier alpha value is 0.390. The molecule has 0 spiro atoms. The van der Waals surface area contributed by atoms with Crippen LogP contribution in [0.15, 0.2) is 0 Å². The normalized spacial score (nSPS) is 8.57. The van der Waals surface area contributed by atoms with E-state index in [0.717, 1.165) is 13.1 Å². The Balaban J connectivity index is 0. The summed E-state index contributed by atoms with van der Waals surface area (Å²) in [5.41, 5.74) is 0. The van der Waals surface area contributed by atoms with Crippen LogP contribution in [0, 0.1) is 0 Å². The van der Waals surface area contributed by atoms with Crippen molar-refractivity contribution < 1.29 is 0 Å². The Morgan fingerprint density at radius 1 is 1.14 bits per heavy atom. The van der Waals surface area contributed by atoms with Crippen molar-refractivity contribution in [1.82, 2.24) is 4.90 Å². The summed E-state index contributed by atoms with van der Waals surface area (Å²) < 4.78 is 0. The second-order valence-corrected chi connectivity index (χ2v) is 1.49. The van der Waals surface area contributed by atoms with Crippen LogP contribution in [0.5, 0.6) is 0 Å². The molecule has 1 nitrogen and oxygen atoms in total. The lowest BCUT2D eigenvalue weighted by Gasteiger charge is -2.07. The molecule has 0 radical (unpaired) electrons. The zero-order chi connectivity index (χ0) is 4.99. The third-order valence-electron chi connectivity index (χ3n) is 1.08. The molecule has 0 heterocycles. The number of nitrogens with zero attached hydrogens (tertiary/aromatic N) is 1. The van der Waals surface area contributed by atoms with Crippen LogP contribution in [0.2, 0.25) is 0 Å². The molecule has 0 fully saturated rings. The van der Waals surface area contributed by atoms with E-state index in [1.165, 1.54) is 0 Å². The first-order valence-electron chi connectivity index (χ1n) is 2.49. The molecule has 0 aliphatic rings. The fraction of sp³-hybridized carbons (Fsp3) is 1.00. The second-order valence-electron chi connectivity index (χ2n) is 1.49. The smallest absolute Gasteiger partial charge is 0.00504 e. The highest BCUT2D eigenvalue weighted by Crippen LogP contribution is 1.73. The third kappa shape index (κ3) is 6.39. The van der Waals surface area contributed by atoms with Gasteiger partial charge in [0.25, 0.3) is 0 Å². The van der Waals surface area contributed by atoms with Gasteiger partial charge in [-0.1, -0.05) is 13.8 Å². The van der Waals surface area contributed by atoms with Crippen LogP contribution in [0.25, 0.3) is 0 Å². The molecule has 0 bridgehead atoms. The third-order valence-corrected chi connectivity index (χ3v) is 1.08. The summed E-state index contributed by atoms with van der Waals surface area (Å²) in [5.74, 6) is 0. The molecule has 0 N–H and O–H groups in total. The van der Waals surface area contributed by atoms with Crippen molar-refractivity contribution in [3.8, 4) is 0 Å². The molecule has 0 aromatic heterocycles. The lowest BCUT2D eigenvalue weighted by atomic mass is 10.6. The molecule has 1 unspecified atom stereocenters. The van der Waals surface area contributed by atoms with E-state index < -0.39 is 0 Å². The molecular weight excluding hydrogens is 105 g/mol. The van der Waals surface area contributed by atoms with Crippen LogP contribution in [0.3, 0.4) is 0 Å². The average molecular weight is 121 g/mol. The molecule has 0 amide bonds. The lowest BCUT2D eigenvalue weighted by molar-refractivity contribution is 0.373. The van der Waals surface area contributed by atoms with Gasteiger partial charge >= 0.3 is 0 Å².